The first kappa shape index (κ1) is 13.3. The van der Waals surface area contributed by atoms with Gasteiger partial charge >= 0.3 is 0 Å². The molecule has 0 saturated carbocycles. The van der Waals surface area contributed by atoms with Gasteiger partial charge in [0.25, 0.3) is 0 Å². The van der Waals surface area contributed by atoms with E-state index in [1.54, 1.807) is 6.92 Å². The maximum Gasteiger partial charge on any atom is 0.203 e. The normalized spacial score (nSPS) is 12.6. The highest BCUT2D eigenvalue weighted by atomic mass is 79.9. The van der Waals surface area contributed by atoms with E-state index in [2.05, 4.69) is 15.9 Å². The fraction of sp³-hybridized carbons (Fsp3) is 0.400. The number of ether oxygens (including phenoxy) is 1. The molecule has 1 aromatic carbocycles. The Morgan fingerprint density at radius 3 is 2.12 bits per heavy atom. The van der Waals surface area contributed by atoms with Crippen molar-refractivity contribution < 1.29 is 22.3 Å². The van der Waals surface area contributed by atoms with E-state index in [1.807, 2.05) is 0 Å². The molecule has 0 aromatic heterocycles. The Hall–Kier alpha value is -0.780. The van der Waals surface area contributed by atoms with Crippen molar-refractivity contribution in [3.05, 3.63) is 29.3 Å². The number of alkyl halides is 1. The third kappa shape index (κ3) is 2.87. The Bertz CT molecular complexity index is 357. The van der Waals surface area contributed by atoms with Gasteiger partial charge in [-0.05, 0) is 5.92 Å². The summed E-state index contributed by atoms with van der Waals surface area (Å²) in [6, 6.07) is 0.144. The fourth-order valence-electron chi connectivity index (χ4n) is 0.948. The van der Waals surface area contributed by atoms with Crippen LogP contribution in [0.2, 0.25) is 0 Å². The van der Waals surface area contributed by atoms with Crippen molar-refractivity contribution in [2.75, 3.05) is 11.9 Å². The Kier molecular flexibility index (Phi) is 4.58. The van der Waals surface area contributed by atoms with Crippen LogP contribution in [-0.4, -0.2) is 11.9 Å². The lowest BCUT2D eigenvalue weighted by Gasteiger charge is -2.12. The number of hydrogen-bond donors (Lipinski definition) is 0. The van der Waals surface area contributed by atoms with Crippen LogP contribution in [0, 0.1) is 29.2 Å². The topological polar surface area (TPSA) is 9.23 Å². The second kappa shape index (κ2) is 5.52. The van der Waals surface area contributed by atoms with Crippen molar-refractivity contribution in [2.45, 2.75) is 6.92 Å². The van der Waals surface area contributed by atoms with Crippen molar-refractivity contribution in [1.29, 1.82) is 0 Å². The Labute approximate surface area is 98.5 Å². The Morgan fingerprint density at radius 1 is 1.19 bits per heavy atom. The molecule has 0 spiro atoms. The van der Waals surface area contributed by atoms with Gasteiger partial charge in [-0.3, -0.25) is 0 Å². The Balaban J connectivity index is 2.94. The second-order valence-electron chi connectivity index (χ2n) is 3.37. The molecule has 90 valence electrons. The summed E-state index contributed by atoms with van der Waals surface area (Å²) in [5.74, 6) is -7.02. The number of rotatable bonds is 4. The third-order valence-corrected chi connectivity index (χ3v) is 2.95. The van der Waals surface area contributed by atoms with Crippen LogP contribution in [0.1, 0.15) is 6.92 Å². The predicted octanol–water partition coefficient (Wildman–Crippen LogP) is 3.65. The minimum atomic E-state index is -1.51. The van der Waals surface area contributed by atoms with Crippen LogP contribution < -0.4 is 4.74 Å². The maximum absolute atomic E-state index is 13.1. The van der Waals surface area contributed by atoms with Gasteiger partial charge in [-0.1, -0.05) is 22.9 Å². The molecule has 6 heteroatoms. The van der Waals surface area contributed by atoms with Gasteiger partial charge < -0.3 is 4.74 Å². The van der Waals surface area contributed by atoms with E-state index in [-0.39, 0.29) is 18.6 Å². The molecule has 0 radical (unpaired) electrons. The minimum absolute atomic E-state index is 0.0369. The smallest absolute Gasteiger partial charge is 0.203 e. The molecule has 1 atom stereocenters. The van der Waals surface area contributed by atoms with Gasteiger partial charge in [0.15, 0.2) is 17.4 Å². The minimum Gasteiger partial charge on any atom is -0.487 e. The summed E-state index contributed by atoms with van der Waals surface area (Å²) in [4.78, 5) is 0. The molecule has 0 aliphatic heterocycles. The SMILES string of the molecule is CC(CBr)COc1c(F)c(F)cc(F)c1F. The number of hydrogen-bond acceptors (Lipinski definition) is 1. The van der Waals surface area contributed by atoms with Crippen molar-refractivity contribution >= 4 is 15.9 Å². The Morgan fingerprint density at radius 2 is 1.69 bits per heavy atom. The van der Waals surface area contributed by atoms with E-state index in [0.29, 0.717) is 5.33 Å². The van der Waals surface area contributed by atoms with Crippen LogP contribution in [0.4, 0.5) is 17.6 Å². The van der Waals surface area contributed by atoms with E-state index in [9.17, 15) is 17.6 Å². The van der Waals surface area contributed by atoms with Gasteiger partial charge in [0.1, 0.15) is 0 Å². The average Bonchev–Trinajstić information content (AvgIpc) is 2.26. The predicted molar refractivity (Wildman–Crippen MR) is 54.7 cm³/mol. The van der Waals surface area contributed by atoms with E-state index in [0.717, 1.165) is 0 Å². The van der Waals surface area contributed by atoms with Crippen molar-refractivity contribution in [3.8, 4) is 5.75 Å². The highest BCUT2D eigenvalue weighted by Gasteiger charge is 2.20. The van der Waals surface area contributed by atoms with E-state index in [1.165, 1.54) is 0 Å². The summed E-state index contributed by atoms with van der Waals surface area (Å²) in [6.45, 7) is 1.71. The van der Waals surface area contributed by atoms with Gasteiger partial charge in [-0.2, -0.15) is 8.78 Å². The lowest BCUT2D eigenvalue weighted by molar-refractivity contribution is 0.240. The quantitative estimate of drug-likeness (QED) is 0.468. The lowest BCUT2D eigenvalue weighted by atomic mass is 10.2. The molecular weight excluding hydrogens is 292 g/mol. The molecule has 0 amide bonds. The van der Waals surface area contributed by atoms with Crippen LogP contribution >= 0.6 is 15.9 Å². The highest BCUT2D eigenvalue weighted by molar-refractivity contribution is 9.09. The zero-order chi connectivity index (χ0) is 12.3. The van der Waals surface area contributed by atoms with Gasteiger partial charge in [-0.15, -0.1) is 0 Å². The standard InChI is InChI=1S/C10H9BrF4O/c1-5(3-11)4-16-10-8(14)6(12)2-7(13)9(10)15/h2,5H,3-4H2,1H3. The lowest BCUT2D eigenvalue weighted by Crippen LogP contribution is -2.12. The van der Waals surface area contributed by atoms with Gasteiger partial charge in [0.05, 0.1) is 6.61 Å². The molecule has 0 N–H and O–H groups in total. The van der Waals surface area contributed by atoms with Crippen molar-refractivity contribution in [2.24, 2.45) is 5.92 Å². The van der Waals surface area contributed by atoms with E-state index < -0.39 is 29.0 Å². The average molecular weight is 301 g/mol. The molecule has 0 fully saturated rings. The zero-order valence-electron chi connectivity index (χ0n) is 8.37. The van der Waals surface area contributed by atoms with Crippen LogP contribution in [0.25, 0.3) is 0 Å². The van der Waals surface area contributed by atoms with E-state index in [4.69, 9.17) is 4.74 Å². The monoisotopic (exact) mass is 300 g/mol. The van der Waals surface area contributed by atoms with Crippen molar-refractivity contribution in [3.63, 3.8) is 0 Å². The summed E-state index contributed by atoms with van der Waals surface area (Å²) in [6.07, 6.45) is 0. The maximum atomic E-state index is 13.1. The summed E-state index contributed by atoms with van der Waals surface area (Å²) in [5, 5.41) is 0.550. The summed E-state index contributed by atoms with van der Waals surface area (Å²) >= 11 is 3.14. The summed E-state index contributed by atoms with van der Waals surface area (Å²) in [7, 11) is 0. The molecule has 1 aromatic rings. The molecule has 0 saturated heterocycles. The number of benzene rings is 1. The molecule has 0 aliphatic carbocycles. The van der Waals surface area contributed by atoms with E-state index >= 15 is 0 Å². The summed E-state index contributed by atoms with van der Waals surface area (Å²) < 4.78 is 56.4. The van der Waals surface area contributed by atoms with Gasteiger partial charge in [0, 0.05) is 11.4 Å². The highest BCUT2D eigenvalue weighted by Crippen LogP contribution is 2.26. The third-order valence-electron chi connectivity index (χ3n) is 1.85. The molecule has 0 aliphatic rings. The molecular formula is C10H9BrF4O. The van der Waals surface area contributed by atoms with Gasteiger partial charge in [0.2, 0.25) is 11.6 Å². The molecule has 1 rings (SSSR count). The van der Waals surface area contributed by atoms with Crippen molar-refractivity contribution in [1.82, 2.24) is 0 Å². The number of halogens is 5. The van der Waals surface area contributed by atoms with Crippen LogP contribution in [0.15, 0.2) is 6.07 Å². The molecule has 1 nitrogen and oxygen atoms in total. The largest absolute Gasteiger partial charge is 0.487 e. The molecule has 0 bridgehead atoms. The van der Waals surface area contributed by atoms with Crippen LogP contribution in [0.5, 0.6) is 5.75 Å². The first-order valence-electron chi connectivity index (χ1n) is 4.49. The van der Waals surface area contributed by atoms with Crippen LogP contribution in [-0.2, 0) is 0 Å². The fourth-order valence-corrected chi connectivity index (χ4v) is 1.14. The molecule has 16 heavy (non-hydrogen) atoms. The zero-order valence-corrected chi connectivity index (χ0v) is 9.95. The summed E-state index contributed by atoms with van der Waals surface area (Å²) in [5.41, 5.74) is 0. The first-order chi connectivity index (χ1) is 7.47. The molecule has 0 heterocycles. The first-order valence-corrected chi connectivity index (χ1v) is 5.61. The second-order valence-corrected chi connectivity index (χ2v) is 4.02. The van der Waals surface area contributed by atoms with Gasteiger partial charge in [-0.25, -0.2) is 8.78 Å². The van der Waals surface area contributed by atoms with Crippen LogP contribution in [0.3, 0.4) is 0 Å². The molecule has 1 unspecified atom stereocenters.